The molecule has 5 aromatic rings. The summed E-state index contributed by atoms with van der Waals surface area (Å²) in [5.74, 6) is -0.504. The Bertz CT molecular complexity index is 1420. The first-order chi connectivity index (χ1) is 16.0. The standard InChI is InChI=1S/C26H20F2N4O/c1-16-2-6-21(7-3-16)31-25-23-13-24(18-4-8-22(33)9-5-18)32(26(23)30-15-29-25)14-17-10-19(27)12-20(28)11-17/h2-13,15,33H,14H2,1H3,(H,29,30,31). The van der Waals surface area contributed by atoms with Gasteiger partial charge in [-0.25, -0.2) is 18.7 Å². The first-order valence-electron chi connectivity index (χ1n) is 10.4. The number of phenolic OH excluding ortho intramolecular Hbond substituents is 1. The lowest BCUT2D eigenvalue weighted by molar-refractivity contribution is 0.475. The van der Waals surface area contributed by atoms with Crippen molar-refractivity contribution in [1.29, 1.82) is 0 Å². The number of nitrogens with zero attached hydrogens (tertiary/aromatic N) is 3. The van der Waals surface area contributed by atoms with Gasteiger partial charge < -0.3 is 15.0 Å². The van der Waals surface area contributed by atoms with Crippen LogP contribution in [-0.2, 0) is 6.54 Å². The minimum Gasteiger partial charge on any atom is -0.508 e. The summed E-state index contributed by atoms with van der Waals surface area (Å²) < 4.78 is 29.6. The average Bonchev–Trinajstić information content (AvgIpc) is 3.14. The Morgan fingerprint density at radius 2 is 1.58 bits per heavy atom. The highest BCUT2D eigenvalue weighted by molar-refractivity contribution is 5.93. The van der Waals surface area contributed by atoms with Crippen LogP contribution in [0.5, 0.6) is 5.75 Å². The van der Waals surface area contributed by atoms with E-state index in [-0.39, 0.29) is 12.3 Å². The van der Waals surface area contributed by atoms with Crippen LogP contribution in [0.1, 0.15) is 11.1 Å². The van der Waals surface area contributed by atoms with Crippen molar-refractivity contribution in [3.63, 3.8) is 0 Å². The predicted octanol–water partition coefficient (Wildman–Crippen LogP) is 6.18. The number of aryl methyl sites for hydroxylation is 1. The molecule has 0 radical (unpaired) electrons. The maximum Gasteiger partial charge on any atom is 0.146 e. The molecule has 0 aliphatic rings. The number of hydrogen-bond donors (Lipinski definition) is 2. The molecule has 2 heterocycles. The number of phenols is 1. The van der Waals surface area contributed by atoms with E-state index in [1.165, 1.54) is 18.5 Å². The van der Waals surface area contributed by atoms with Crippen molar-refractivity contribution in [3.05, 3.63) is 102 Å². The first kappa shape index (κ1) is 20.6. The van der Waals surface area contributed by atoms with Gasteiger partial charge in [0, 0.05) is 18.3 Å². The van der Waals surface area contributed by atoms with Gasteiger partial charge in [0.2, 0.25) is 0 Å². The summed E-state index contributed by atoms with van der Waals surface area (Å²) in [6.45, 7) is 2.22. The van der Waals surface area contributed by atoms with Crippen LogP contribution in [0.15, 0.2) is 79.1 Å². The fourth-order valence-electron chi connectivity index (χ4n) is 3.85. The van der Waals surface area contributed by atoms with Gasteiger partial charge in [-0.3, -0.25) is 0 Å². The average molecular weight is 442 g/mol. The molecule has 2 aromatic heterocycles. The molecule has 0 saturated carbocycles. The van der Waals surface area contributed by atoms with Crippen molar-refractivity contribution < 1.29 is 13.9 Å². The lowest BCUT2D eigenvalue weighted by atomic mass is 10.1. The van der Waals surface area contributed by atoms with E-state index in [1.807, 2.05) is 41.8 Å². The molecule has 33 heavy (non-hydrogen) atoms. The summed E-state index contributed by atoms with van der Waals surface area (Å²) in [5, 5.41) is 13.8. The Morgan fingerprint density at radius 1 is 0.879 bits per heavy atom. The zero-order chi connectivity index (χ0) is 22.9. The number of halogens is 2. The van der Waals surface area contributed by atoms with Gasteiger partial charge in [-0.1, -0.05) is 17.7 Å². The molecule has 0 unspecified atom stereocenters. The van der Waals surface area contributed by atoms with Gasteiger partial charge in [0.05, 0.1) is 11.1 Å². The molecule has 164 valence electrons. The van der Waals surface area contributed by atoms with Crippen LogP contribution in [0, 0.1) is 18.6 Å². The summed E-state index contributed by atoms with van der Waals surface area (Å²) in [5.41, 5.74) is 4.72. The Morgan fingerprint density at radius 3 is 2.27 bits per heavy atom. The number of aromatic hydroxyl groups is 1. The van der Waals surface area contributed by atoms with Gasteiger partial charge >= 0.3 is 0 Å². The lowest BCUT2D eigenvalue weighted by Gasteiger charge is -2.12. The molecular formula is C26H20F2N4O. The normalized spacial score (nSPS) is 11.1. The van der Waals surface area contributed by atoms with E-state index in [1.54, 1.807) is 24.3 Å². The van der Waals surface area contributed by atoms with Crippen molar-refractivity contribution in [2.24, 2.45) is 0 Å². The Labute approximate surface area is 189 Å². The number of aromatic nitrogens is 3. The third-order valence-electron chi connectivity index (χ3n) is 5.43. The molecule has 0 spiro atoms. The van der Waals surface area contributed by atoms with Crippen molar-refractivity contribution in [3.8, 4) is 17.0 Å². The molecule has 0 saturated heterocycles. The molecule has 0 aliphatic carbocycles. The number of fused-ring (bicyclic) bond motifs is 1. The van der Waals surface area contributed by atoms with Crippen LogP contribution in [-0.4, -0.2) is 19.6 Å². The van der Waals surface area contributed by atoms with Gasteiger partial charge in [0.15, 0.2) is 0 Å². The van der Waals surface area contributed by atoms with E-state index in [0.717, 1.165) is 34.0 Å². The maximum absolute atomic E-state index is 13.9. The van der Waals surface area contributed by atoms with E-state index < -0.39 is 11.6 Å². The molecule has 0 bridgehead atoms. The first-order valence-corrected chi connectivity index (χ1v) is 10.4. The van der Waals surface area contributed by atoms with Crippen LogP contribution >= 0.6 is 0 Å². The number of nitrogens with one attached hydrogen (secondary N) is 1. The predicted molar refractivity (Wildman–Crippen MR) is 125 cm³/mol. The van der Waals surface area contributed by atoms with Crippen LogP contribution in [0.3, 0.4) is 0 Å². The van der Waals surface area contributed by atoms with Gasteiger partial charge in [-0.05, 0) is 72.6 Å². The SMILES string of the molecule is Cc1ccc(Nc2ncnc3c2cc(-c2ccc(O)cc2)n3Cc2cc(F)cc(F)c2)cc1. The third kappa shape index (κ3) is 4.25. The highest BCUT2D eigenvalue weighted by atomic mass is 19.1. The van der Waals surface area contributed by atoms with Gasteiger partial charge in [-0.2, -0.15) is 0 Å². The van der Waals surface area contributed by atoms with Crippen LogP contribution in [0.2, 0.25) is 0 Å². The highest BCUT2D eigenvalue weighted by Crippen LogP contribution is 2.33. The number of benzene rings is 3. The van der Waals surface area contributed by atoms with E-state index >= 15 is 0 Å². The van der Waals surface area contributed by atoms with E-state index in [0.29, 0.717) is 17.0 Å². The Kier molecular flexibility index (Phi) is 5.22. The Hall–Kier alpha value is -4.26. The zero-order valence-corrected chi connectivity index (χ0v) is 17.8. The summed E-state index contributed by atoms with van der Waals surface area (Å²) in [4.78, 5) is 8.90. The second kappa shape index (κ2) is 8.35. The molecule has 5 rings (SSSR count). The smallest absolute Gasteiger partial charge is 0.146 e. The molecule has 7 heteroatoms. The van der Waals surface area contributed by atoms with Crippen molar-refractivity contribution in [1.82, 2.24) is 14.5 Å². The monoisotopic (exact) mass is 442 g/mol. The summed E-state index contributed by atoms with van der Waals surface area (Å²) >= 11 is 0. The topological polar surface area (TPSA) is 63.0 Å². The zero-order valence-electron chi connectivity index (χ0n) is 17.8. The van der Waals surface area contributed by atoms with Crippen molar-refractivity contribution >= 4 is 22.5 Å². The summed E-state index contributed by atoms with van der Waals surface area (Å²) in [6, 6.07) is 20.1. The molecule has 3 aromatic carbocycles. The number of hydrogen-bond acceptors (Lipinski definition) is 4. The minimum absolute atomic E-state index is 0.148. The second-order valence-electron chi connectivity index (χ2n) is 7.89. The number of anilines is 2. The Balaban J connectivity index is 1.66. The van der Waals surface area contributed by atoms with Crippen LogP contribution < -0.4 is 5.32 Å². The maximum atomic E-state index is 13.9. The fraction of sp³-hybridized carbons (Fsp3) is 0.0769. The lowest BCUT2D eigenvalue weighted by Crippen LogP contribution is -2.04. The molecule has 0 atom stereocenters. The van der Waals surface area contributed by atoms with Crippen LogP contribution in [0.4, 0.5) is 20.3 Å². The second-order valence-corrected chi connectivity index (χ2v) is 7.89. The molecule has 0 aliphatic heterocycles. The van der Waals surface area contributed by atoms with E-state index in [9.17, 15) is 13.9 Å². The third-order valence-corrected chi connectivity index (χ3v) is 5.43. The quantitative estimate of drug-likeness (QED) is 0.341. The molecule has 2 N–H and O–H groups in total. The molecule has 0 amide bonds. The van der Waals surface area contributed by atoms with Gasteiger partial charge in [0.25, 0.3) is 0 Å². The van der Waals surface area contributed by atoms with Gasteiger partial charge in [0.1, 0.15) is 35.2 Å². The van der Waals surface area contributed by atoms with Crippen molar-refractivity contribution in [2.45, 2.75) is 13.5 Å². The minimum atomic E-state index is -0.635. The van der Waals surface area contributed by atoms with Crippen molar-refractivity contribution in [2.75, 3.05) is 5.32 Å². The van der Waals surface area contributed by atoms with E-state index in [2.05, 4.69) is 15.3 Å². The molecule has 0 fully saturated rings. The summed E-state index contributed by atoms with van der Waals surface area (Å²) in [7, 11) is 0. The fourth-order valence-corrected chi connectivity index (χ4v) is 3.85. The molecular weight excluding hydrogens is 422 g/mol. The van der Waals surface area contributed by atoms with Gasteiger partial charge in [-0.15, -0.1) is 0 Å². The summed E-state index contributed by atoms with van der Waals surface area (Å²) in [6.07, 6.45) is 1.46. The number of rotatable bonds is 5. The largest absolute Gasteiger partial charge is 0.508 e. The van der Waals surface area contributed by atoms with E-state index in [4.69, 9.17) is 0 Å². The molecule has 5 nitrogen and oxygen atoms in total. The van der Waals surface area contributed by atoms with Crippen LogP contribution in [0.25, 0.3) is 22.3 Å². The highest BCUT2D eigenvalue weighted by Gasteiger charge is 2.17.